The summed E-state index contributed by atoms with van der Waals surface area (Å²) in [4.78, 5) is 0. The van der Waals surface area contributed by atoms with Gasteiger partial charge in [-0.2, -0.15) is 0 Å². The van der Waals surface area contributed by atoms with Crippen LogP contribution in [0.15, 0.2) is 12.1 Å². The molecule has 0 radical (unpaired) electrons. The van der Waals surface area contributed by atoms with Crippen molar-refractivity contribution in [1.82, 2.24) is 0 Å². The lowest BCUT2D eigenvalue weighted by molar-refractivity contribution is 0.165. The maximum absolute atomic E-state index is 5.69. The fourth-order valence-electron chi connectivity index (χ4n) is 1.34. The highest BCUT2D eigenvalue weighted by atomic mass is 16.7. The summed E-state index contributed by atoms with van der Waals surface area (Å²) >= 11 is 0. The Morgan fingerprint density at radius 2 is 2.14 bits per heavy atom. The molecule has 76 valence electrons. The third-order valence-corrected chi connectivity index (χ3v) is 1.82. The maximum Gasteiger partial charge on any atom is 0.231 e. The first-order valence-corrected chi connectivity index (χ1v) is 4.52. The predicted octanol–water partition coefficient (Wildman–Crippen LogP) is 1.78. The average molecular weight is 195 g/mol. The number of hydrogen-bond donors (Lipinski definition) is 1. The van der Waals surface area contributed by atoms with Crippen molar-refractivity contribution >= 4 is 5.69 Å². The van der Waals surface area contributed by atoms with E-state index in [4.69, 9.17) is 19.9 Å². The second-order valence-electron chi connectivity index (χ2n) is 3.42. The summed E-state index contributed by atoms with van der Waals surface area (Å²) < 4.78 is 16.1. The molecule has 1 aliphatic heterocycles. The highest BCUT2D eigenvalue weighted by molar-refractivity contribution is 5.61. The lowest BCUT2D eigenvalue weighted by atomic mass is 10.2. The summed E-state index contributed by atoms with van der Waals surface area (Å²) in [5.74, 6) is 1.95. The Morgan fingerprint density at radius 3 is 2.86 bits per heavy atom. The van der Waals surface area contributed by atoms with Crippen LogP contribution < -0.4 is 19.9 Å². The molecule has 0 atom stereocenters. The zero-order valence-corrected chi connectivity index (χ0v) is 8.24. The van der Waals surface area contributed by atoms with Crippen molar-refractivity contribution in [2.24, 2.45) is 0 Å². The minimum absolute atomic E-state index is 0.0881. The van der Waals surface area contributed by atoms with Crippen LogP contribution in [-0.2, 0) is 0 Å². The quantitative estimate of drug-likeness (QED) is 0.731. The van der Waals surface area contributed by atoms with Gasteiger partial charge < -0.3 is 19.9 Å². The average Bonchev–Trinajstić information content (AvgIpc) is 2.50. The summed E-state index contributed by atoms with van der Waals surface area (Å²) in [5, 5.41) is 0. The Morgan fingerprint density at radius 1 is 1.36 bits per heavy atom. The van der Waals surface area contributed by atoms with E-state index < -0.39 is 0 Å². The Kier molecular flexibility index (Phi) is 2.11. The van der Waals surface area contributed by atoms with E-state index >= 15 is 0 Å². The largest absolute Gasteiger partial charge is 0.487 e. The molecule has 0 spiro atoms. The zero-order chi connectivity index (χ0) is 10.1. The van der Waals surface area contributed by atoms with Gasteiger partial charge in [-0.25, -0.2) is 0 Å². The number of nitrogen functional groups attached to an aromatic ring is 1. The monoisotopic (exact) mass is 195 g/mol. The molecule has 4 heteroatoms. The summed E-state index contributed by atoms with van der Waals surface area (Å²) in [7, 11) is 0. The molecule has 0 bridgehead atoms. The van der Waals surface area contributed by atoms with E-state index in [-0.39, 0.29) is 12.9 Å². The molecule has 0 fully saturated rings. The Balaban J connectivity index is 2.38. The fraction of sp³-hybridized carbons (Fsp3) is 0.400. The molecular formula is C10H13NO3. The normalized spacial score (nSPS) is 13.4. The van der Waals surface area contributed by atoms with Crippen LogP contribution in [0.3, 0.4) is 0 Å². The molecule has 0 unspecified atom stereocenters. The number of anilines is 1. The lowest BCUT2D eigenvalue weighted by Crippen LogP contribution is -2.06. The van der Waals surface area contributed by atoms with Crippen LogP contribution in [-0.4, -0.2) is 12.9 Å². The number of benzene rings is 1. The van der Waals surface area contributed by atoms with Crippen LogP contribution in [0.25, 0.3) is 0 Å². The molecule has 0 amide bonds. The topological polar surface area (TPSA) is 53.7 Å². The van der Waals surface area contributed by atoms with Gasteiger partial charge in [0, 0.05) is 17.8 Å². The third-order valence-electron chi connectivity index (χ3n) is 1.82. The van der Waals surface area contributed by atoms with Gasteiger partial charge in [0.2, 0.25) is 12.5 Å². The van der Waals surface area contributed by atoms with Gasteiger partial charge >= 0.3 is 0 Å². The number of ether oxygens (including phenoxy) is 3. The van der Waals surface area contributed by atoms with Gasteiger partial charge in [0.05, 0.1) is 6.10 Å². The highest BCUT2D eigenvalue weighted by Gasteiger charge is 2.20. The number of hydrogen-bond acceptors (Lipinski definition) is 4. The highest BCUT2D eigenvalue weighted by Crippen LogP contribution is 2.43. The Bertz CT molecular complexity index is 349. The third kappa shape index (κ3) is 1.55. The zero-order valence-electron chi connectivity index (χ0n) is 8.24. The molecule has 0 saturated carbocycles. The van der Waals surface area contributed by atoms with Crippen molar-refractivity contribution in [1.29, 1.82) is 0 Å². The maximum atomic E-state index is 5.69. The van der Waals surface area contributed by atoms with E-state index in [0.717, 1.165) is 0 Å². The molecule has 4 nitrogen and oxygen atoms in total. The summed E-state index contributed by atoms with van der Waals surface area (Å²) in [6, 6.07) is 3.48. The molecule has 14 heavy (non-hydrogen) atoms. The molecule has 0 aliphatic carbocycles. The first-order valence-electron chi connectivity index (χ1n) is 4.52. The van der Waals surface area contributed by atoms with Gasteiger partial charge in [-0.1, -0.05) is 0 Å². The van der Waals surface area contributed by atoms with Crippen LogP contribution in [0.5, 0.6) is 17.2 Å². The smallest absolute Gasteiger partial charge is 0.231 e. The SMILES string of the molecule is CC(C)Oc1cc(N)cc2c1OCO2. The molecule has 1 aromatic rings. The first kappa shape index (κ1) is 8.99. The van der Waals surface area contributed by atoms with E-state index in [1.165, 1.54) is 0 Å². The van der Waals surface area contributed by atoms with Gasteiger partial charge in [0.25, 0.3) is 0 Å². The molecule has 1 heterocycles. The fourth-order valence-corrected chi connectivity index (χ4v) is 1.34. The Hall–Kier alpha value is -1.58. The van der Waals surface area contributed by atoms with Crippen molar-refractivity contribution in [3.8, 4) is 17.2 Å². The van der Waals surface area contributed by atoms with Gasteiger partial charge in [-0.15, -0.1) is 0 Å². The van der Waals surface area contributed by atoms with Crippen LogP contribution in [0, 0.1) is 0 Å². The molecular weight excluding hydrogens is 182 g/mol. The van der Waals surface area contributed by atoms with E-state index in [0.29, 0.717) is 22.9 Å². The first-order chi connectivity index (χ1) is 6.66. The number of rotatable bonds is 2. The Labute approximate surface area is 82.6 Å². The van der Waals surface area contributed by atoms with E-state index in [2.05, 4.69) is 0 Å². The lowest BCUT2D eigenvalue weighted by Gasteiger charge is -2.12. The summed E-state index contributed by atoms with van der Waals surface area (Å²) in [6.45, 7) is 4.13. The standard InChI is InChI=1S/C10H13NO3/c1-6(2)14-9-4-7(11)3-8-10(9)13-5-12-8/h3-4,6H,5,11H2,1-2H3. The van der Waals surface area contributed by atoms with Crippen molar-refractivity contribution in [2.45, 2.75) is 20.0 Å². The number of fused-ring (bicyclic) bond motifs is 1. The van der Waals surface area contributed by atoms with Crippen molar-refractivity contribution < 1.29 is 14.2 Å². The molecule has 0 aromatic heterocycles. The van der Waals surface area contributed by atoms with Crippen LogP contribution >= 0.6 is 0 Å². The van der Waals surface area contributed by atoms with E-state index in [9.17, 15) is 0 Å². The van der Waals surface area contributed by atoms with E-state index in [1.807, 2.05) is 13.8 Å². The summed E-state index contributed by atoms with van der Waals surface area (Å²) in [5.41, 5.74) is 6.31. The second kappa shape index (κ2) is 3.29. The van der Waals surface area contributed by atoms with Crippen LogP contribution in [0.2, 0.25) is 0 Å². The minimum Gasteiger partial charge on any atom is -0.487 e. The summed E-state index contributed by atoms with van der Waals surface area (Å²) in [6.07, 6.45) is 0.0881. The van der Waals surface area contributed by atoms with Crippen molar-refractivity contribution in [3.63, 3.8) is 0 Å². The predicted molar refractivity (Wildman–Crippen MR) is 52.7 cm³/mol. The van der Waals surface area contributed by atoms with Gasteiger partial charge in [-0.3, -0.25) is 0 Å². The van der Waals surface area contributed by atoms with Crippen LogP contribution in [0.4, 0.5) is 5.69 Å². The molecule has 1 aliphatic rings. The van der Waals surface area contributed by atoms with E-state index in [1.54, 1.807) is 12.1 Å². The number of nitrogens with two attached hydrogens (primary N) is 1. The molecule has 1 aromatic carbocycles. The minimum atomic E-state index is 0.0881. The van der Waals surface area contributed by atoms with Crippen molar-refractivity contribution in [2.75, 3.05) is 12.5 Å². The molecule has 0 saturated heterocycles. The molecule has 2 rings (SSSR count). The van der Waals surface area contributed by atoms with Crippen LogP contribution in [0.1, 0.15) is 13.8 Å². The second-order valence-corrected chi connectivity index (χ2v) is 3.42. The van der Waals surface area contributed by atoms with Gasteiger partial charge in [0.15, 0.2) is 11.5 Å². The molecule has 2 N–H and O–H groups in total. The van der Waals surface area contributed by atoms with Crippen molar-refractivity contribution in [3.05, 3.63) is 12.1 Å². The van der Waals surface area contributed by atoms with Gasteiger partial charge in [-0.05, 0) is 13.8 Å². The van der Waals surface area contributed by atoms with Gasteiger partial charge in [0.1, 0.15) is 0 Å².